The molecule has 3 aliphatic rings. The summed E-state index contributed by atoms with van der Waals surface area (Å²) in [6.45, 7) is 1.01. The van der Waals surface area contributed by atoms with Gasteiger partial charge in [-0.1, -0.05) is 28.8 Å². The lowest BCUT2D eigenvalue weighted by molar-refractivity contribution is -0.0890. The van der Waals surface area contributed by atoms with Gasteiger partial charge in [-0.15, -0.1) is 0 Å². The summed E-state index contributed by atoms with van der Waals surface area (Å²) in [6.07, 6.45) is 7.59. The van der Waals surface area contributed by atoms with Crippen LogP contribution >= 0.6 is 15.9 Å². The number of fused-ring (bicyclic) bond motifs is 2. The quantitative estimate of drug-likeness (QED) is 0.582. The Balaban J connectivity index is 1.87. The fraction of sp³-hybridized carbons (Fsp3) is 1.00. The first-order chi connectivity index (χ1) is 5.84. The number of halogens is 1. The Hall–Kier alpha value is 0.440. The maximum atomic E-state index is 5.83. The summed E-state index contributed by atoms with van der Waals surface area (Å²) < 4.78 is 5.83. The van der Waals surface area contributed by atoms with Crippen LogP contribution in [-0.2, 0) is 4.74 Å². The van der Waals surface area contributed by atoms with E-state index in [1.54, 1.807) is 0 Å². The normalized spacial score (nSPS) is 49.2. The first-order valence-electron chi connectivity index (χ1n) is 5.10. The Morgan fingerprint density at radius 2 is 2.00 bits per heavy atom. The van der Waals surface area contributed by atoms with E-state index in [9.17, 15) is 0 Å². The molecule has 1 nitrogen and oxygen atoms in total. The van der Waals surface area contributed by atoms with E-state index in [1.807, 2.05) is 0 Å². The largest absolute Gasteiger partial charge is 0.377 e. The summed E-state index contributed by atoms with van der Waals surface area (Å²) in [5.74, 6) is 0.850. The number of alkyl halides is 1. The molecule has 3 atom stereocenters. The minimum atomic E-state index is 0.571. The minimum Gasteiger partial charge on any atom is -0.377 e. The standard InChI is InChI=1S/C10H15BrO/c11-8-7-3-6-12-9(7)10(8)4-1-2-5-10/h7-9H,1-6H2/t7-,8-,9-/m1/s1. The van der Waals surface area contributed by atoms with Crippen molar-refractivity contribution in [1.82, 2.24) is 0 Å². The van der Waals surface area contributed by atoms with E-state index in [1.165, 1.54) is 32.1 Å². The van der Waals surface area contributed by atoms with E-state index in [-0.39, 0.29) is 0 Å². The molecular weight excluding hydrogens is 216 g/mol. The van der Waals surface area contributed by atoms with E-state index in [2.05, 4.69) is 15.9 Å². The van der Waals surface area contributed by atoms with E-state index in [0.717, 1.165) is 17.4 Å². The van der Waals surface area contributed by atoms with Crippen LogP contribution in [0.15, 0.2) is 0 Å². The first kappa shape index (κ1) is 7.81. The fourth-order valence-corrected chi connectivity index (χ4v) is 4.82. The lowest BCUT2D eigenvalue weighted by Crippen LogP contribution is -2.58. The third kappa shape index (κ3) is 0.741. The molecule has 2 heteroatoms. The van der Waals surface area contributed by atoms with E-state index in [0.29, 0.717) is 11.5 Å². The van der Waals surface area contributed by atoms with Gasteiger partial charge in [0.2, 0.25) is 0 Å². The van der Waals surface area contributed by atoms with Crippen LogP contribution in [0.2, 0.25) is 0 Å². The summed E-state index contributed by atoms with van der Waals surface area (Å²) in [7, 11) is 0. The summed E-state index contributed by atoms with van der Waals surface area (Å²) in [5.41, 5.74) is 0.571. The van der Waals surface area contributed by atoms with E-state index < -0.39 is 0 Å². The zero-order valence-electron chi connectivity index (χ0n) is 7.26. The maximum absolute atomic E-state index is 5.83. The van der Waals surface area contributed by atoms with Crippen LogP contribution in [0.4, 0.5) is 0 Å². The second kappa shape index (κ2) is 2.48. The van der Waals surface area contributed by atoms with Crippen molar-refractivity contribution in [1.29, 1.82) is 0 Å². The maximum Gasteiger partial charge on any atom is 0.0681 e. The molecule has 0 amide bonds. The highest BCUT2D eigenvalue weighted by Gasteiger charge is 2.63. The van der Waals surface area contributed by atoms with Crippen LogP contribution in [0.5, 0.6) is 0 Å². The Morgan fingerprint density at radius 3 is 2.75 bits per heavy atom. The molecule has 0 aromatic carbocycles. The number of hydrogen-bond acceptors (Lipinski definition) is 1. The zero-order valence-corrected chi connectivity index (χ0v) is 8.85. The van der Waals surface area contributed by atoms with Crippen molar-refractivity contribution in [2.75, 3.05) is 6.61 Å². The van der Waals surface area contributed by atoms with Gasteiger partial charge in [-0.05, 0) is 19.3 Å². The van der Waals surface area contributed by atoms with Crippen molar-refractivity contribution in [2.45, 2.75) is 43.0 Å². The second-order valence-electron chi connectivity index (χ2n) is 4.59. The molecule has 0 N–H and O–H groups in total. The molecule has 12 heavy (non-hydrogen) atoms. The molecule has 0 unspecified atom stereocenters. The second-order valence-corrected chi connectivity index (χ2v) is 5.57. The van der Waals surface area contributed by atoms with Crippen molar-refractivity contribution < 1.29 is 4.74 Å². The lowest BCUT2D eigenvalue weighted by Gasteiger charge is -2.54. The molecule has 3 fully saturated rings. The fourth-order valence-electron chi connectivity index (χ4n) is 3.56. The van der Waals surface area contributed by atoms with Crippen molar-refractivity contribution in [3.05, 3.63) is 0 Å². The van der Waals surface area contributed by atoms with Gasteiger partial charge in [-0.25, -0.2) is 0 Å². The molecule has 0 aromatic rings. The molecule has 3 rings (SSSR count). The predicted molar refractivity (Wildman–Crippen MR) is 51.5 cm³/mol. The average Bonchev–Trinajstić information content (AvgIpc) is 2.72. The van der Waals surface area contributed by atoms with Gasteiger partial charge in [0.15, 0.2) is 0 Å². The topological polar surface area (TPSA) is 9.23 Å². The number of rotatable bonds is 0. The van der Waals surface area contributed by atoms with E-state index >= 15 is 0 Å². The van der Waals surface area contributed by atoms with Gasteiger partial charge in [0.05, 0.1) is 6.10 Å². The van der Waals surface area contributed by atoms with Crippen LogP contribution in [0.1, 0.15) is 32.1 Å². The van der Waals surface area contributed by atoms with Crippen LogP contribution in [0.3, 0.4) is 0 Å². The zero-order chi connectivity index (χ0) is 8.18. The van der Waals surface area contributed by atoms with Crippen LogP contribution in [0.25, 0.3) is 0 Å². The highest BCUT2D eigenvalue weighted by Crippen LogP contribution is 2.63. The highest BCUT2D eigenvalue weighted by molar-refractivity contribution is 9.09. The van der Waals surface area contributed by atoms with E-state index in [4.69, 9.17) is 4.74 Å². The summed E-state index contributed by atoms with van der Waals surface area (Å²) in [5, 5.41) is 0. The monoisotopic (exact) mass is 230 g/mol. The molecule has 1 spiro atoms. The smallest absolute Gasteiger partial charge is 0.0681 e. The molecule has 2 saturated carbocycles. The van der Waals surface area contributed by atoms with Gasteiger partial charge < -0.3 is 4.74 Å². The molecule has 2 aliphatic carbocycles. The third-order valence-electron chi connectivity index (χ3n) is 4.16. The molecule has 0 aromatic heterocycles. The molecule has 68 valence electrons. The predicted octanol–water partition coefficient (Wildman–Crippen LogP) is 2.73. The van der Waals surface area contributed by atoms with Crippen molar-refractivity contribution in [2.24, 2.45) is 11.3 Å². The van der Waals surface area contributed by atoms with Gasteiger partial charge in [-0.2, -0.15) is 0 Å². The van der Waals surface area contributed by atoms with Crippen LogP contribution in [-0.4, -0.2) is 17.5 Å². The van der Waals surface area contributed by atoms with Gasteiger partial charge in [0.25, 0.3) is 0 Å². The molecule has 1 saturated heterocycles. The Morgan fingerprint density at radius 1 is 1.25 bits per heavy atom. The van der Waals surface area contributed by atoms with Gasteiger partial charge in [0, 0.05) is 22.8 Å². The van der Waals surface area contributed by atoms with Gasteiger partial charge in [-0.3, -0.25) is 0 Å². The van der Waals surface area contributed by atoms with Gasteiger partial charge >= 0.3 is 0 Å². The van der Waals surface area contributed by atoms with Crippen LogP contribution in [0, 0.1) is 11.3 Å². The average molecular weight is 231 g/mol. The third-order valence-corrected chi connectivity index (χ3v) is 5.75. The Kier molecular flexibility index (Phi) is 1.61. The molecule has 1 aliphatic heterocycles. The first-order valence-corrected chi connectivity index (χ1v) is 6.02. The molecular formula is C10H15BrO. The van der Waals surface area contributed by atoms with Crippen LogP contribution < -0.4 is 0 Å². The van der Waals surface area contributed by atoms with Crippen molar-refractivity contribution >= 4 is 15.9 Å². The SMILES string of the molecule is Br[C@@H]1[C@H]2CCO[C@H]2C12CCCC2. The summed E-state index contributed by atoms with van der Waals surface area (Å²) in [4.78, 5) is 0.778. The van der Waals surface area contributed by atoms with Gasteiger partial charge in [0.1, 0.15) is 0 Å². The summed E-state index contributed by atoms with van der Waals surface area (Å²) in [6, 6.07) is 0. The summed E-state index contributed by atoms with van der Waals surface area (Å²) >= 11 is 3.87. The lowest BCUT2D eigenvalue weighted by atomic mass is 9.58. The minimum absolute atomic E-state index is 0.571. The molecule has 0 radical (unpaired) electrons. The Labute approximate surface area is 82.0 Å². The van der Waals surface area contributed by atoms with Crippen molar-refractivity contribution in [3.8, 4) is 0 Å². The molecule has 1 heterocycles. The Bertz CT molecular complexity index is 198. The highest BCUT2D eigenvalue weighted by atomic mass is 79.9. The van der Waals surface area contributed by atoms with Crippen molar-refractivity contribution in [3.63, 3.8) is 0 Å². The number of hydrogen-bond donors (Lipinski definition) is 0. The molecule has 0 bridgehead atoms. The number of ether oxygens (including phenoxy) is 1.